The molecule has 0 aromatic heterocycles. The van der Waals surface area contributed by atoms with E-state index in [2.05, 4.69) is 11.4 Å². The lowest BCUT2D eigenvalue weighted by Gasteiger charge is -2.52. The zero-order valence-electron chi connectivity index (χ0n) is 21.0. The number of hydrogen-bond donors (Lipinski definition) is 1. The van der Waals surface area contributed by atoms with E-state index >= 15 is 0 Å². The van der Waals surface area contributed by atoms with Gasteiger partial charge in [0.25, 0.3) is 5.91 Å². The zero-order valence-corrected chi connectivity index (χ0v) is 21.0. The van der Waals surface area contributed by atoms with E-state index in [1.807, 2.05) is 56.3 Å². The number of likely N-dealkylation sites (tertiary alicyclic amines) is 1. The number of hydrogen-bond acceptors (Lipinski definition) is 6. The van der Waals surface area contributed by atoms with Gasteiger partial charge in [-0.3, -0.25) is 14.9 Å². The number of nitrogens with zero attached hydrogens (tertiary/aromatic N) is 2. The molecule has 0 saturated carbocycles. The second kappa shape index (κ2) is 9.78. The molecule has 0 radical (unpaired) electrons. The van der Waals surface area contributed by atoms with Crippen molar-refractivity contribution in [2.75, 3.05) is 27.9 Å². The molecule has 1 saturated heterocycles. The van der Waals surface area contributed by atoms with Gasteiger partial charge in [0.1, 0.15) is 6.04 Å². The van der Waals surface area contributed by atoms with Crippen LogP contribution in [0.15, 0.2) is 48.5 Å². The van der Waals surface area contributed by atoms with Crippen LogP contribution in [0.5, 0.6) is 17.2 Å². The molecule has 0 bridgehead atoms. The SMILES string of the molecule is COc1cc(-c2ccc3cc(CC(=O)N4CC(C)(C)C4C(=O)NC#N)ccc3c2)cc(OC)c1OC. The van der Waals surface area contributed by atoms with Gasteiger partial charge in [0.05, 0.1) is 27.8 Å². The second-order valence-electron chi connectivity index (χ2n) is 9.50. The van der Waals surface area contributed by atoms with Gasteiger partial charge in [0, 0.05) is 12.0 Å². The number of methoxy groups -OCH3 is 3. The summed E-state index contributed by atoms with van der Waals surface area (Å²) in [5, 5.41) is 13.0. The van der Waals surface area contributed by atoms with Crippen molar-refractivity contribution in [2.45, 2.75) is 26.3 Å². The van der Waals surface area contributed by atoms with E-state index in [1.54, 1.807) is 32.4 Å². The summed E-state index contributed by atoms with van der Waals surface area (Å²) in [6.45, 7) is 4.31. The molecule has 1 heterocycles. The van der Waals surface area contributed by atoms with Crippen molar-refractivity contribution in [3.8, 4) is 34.6 Å². The summed E-state index contributed by atoms with van der Waals surface area (Å²) < 4.78 is 16.4. The number of rotatable bonds is 7. The quantitative estimate of drug-likeness (QED) is 0.401. The molecule has 1 N–H and O–H groups in total. The number of ether oxygens (including phenoxy) is 3. The van der Waals surface area contributed by atoms with E-state index < -0.39 is 11.9 Å². The molecular weight excluding hydrogens is 458 g/mol. The van der Waals surface area contributed by atoms with E-state index in [1.165, 1.54) is 0 Å². The van der Waals surface area contributed by atoms with Crippen LogP contribution in [0.25, 0.3) is 21.9 Å². The van der Waals surface area contributed by atoms with Crippen molar-refractivity contribution < 1.29 is 23.8 Å². The van der Waals surface area contributed by atoms with Gasteiger partial charge in [-0.2, -0.15) is 5.26 Å². The summed E-state index contributed by atoms with van der Waals surface area (Å²) in [4.78, 5) is 26.8. The maximum Gasteiger partial charge on any atom is 0.256 e. The number of carbonyl (C=O) groups is 2. The monoisotopic (exact) mass is 487 g/mol. The van der Waals surface area contributed by atoms with Crippen LogP contribution in [-0.2, 0) is 16.0 Å². The van der Waals surface area contributed by atoms with E-state index in [-0.39, 0.29) is 17.7 Å². The first kappa shape index (κ1) is 24.9. The van der Waals surface area contributed by atoms with E-state index in [4.69, 9.17) is 19.5 Å². The average Bonchev–Trinajstić information content (AvgIpc) is 2.86. The Kier molecular flexibility index (Phi) is 6.75. The molecule has 1 aliphatic heterocycles. The zero-order chi connectivity index (χ0) is 26.0. The lowest BCUT2D eigenvalue weighted by Crippen LogP contribution is -2.69. The minimum Gasteiger partial charge on any atom is -0.493 e. The van der Waals surface area contributed by atoms with Gasteiger partial charge in [-0.15, -0.1) is 0 Å². The Hall–Kier alpha value is -4.25. The molecule has 0 spiro atoms. The standard InChI is InChI=1S/C28H29N3O5/c1-28(2)15-31(26(28)27(33)30-16-29)24(32)11-17-6-7-19-12-20(9-8-18(19)10-17)21-13-22(34-3)25(36-5)23(14-21)35-4/h6-10,12-14,26H,11,15H2,1-5H3,(H,30,33). The maximum absolute atomic E-state index is 13.0. The summed E-state index contributed by atoms with van der Waals surface area (Å²) in [6.07, 6.45) is 1.84. The highest BCUT2D eigenvalue weighted by Crippen LogP contribution is 2.42. The molecule has 1 aliphatic rings. The molecule has 36 heavy (non-hydrogen) atoms. The third-order valence-corrected chi connectivity index (χ3v) is 6.64. The topological polar surface area (TPSA) is 101 Å². The highest BCUT2D eigenvalue weighted by Gasteiger charge is 2.52. The van der Waals surface area contributed by atoms with E-state index in [0.29, 0.717) is 23.8 Å². The number of amides is 2. The van der Waals surface area contributed by atoms with Crippen LogP contribution in [0.2, 0.25) is 0 Å². The van der Waals surface area contributed by atoms with Crippen molar-refractivity contribution >= 4 is 22.6 Å². The Morgan fingerprint density at radius 1 is 0.972 bits per heavy atom. The van der Waals surface area contributed by atoms with E-state index in [0.717, 1.165) is 27.5 Å². The fourth-order valence-corrected chi connectivity index (χ4v) is 4.89. The Labute approximate surface area is 210 Å². The summed E-state index contributed by atoms with van der Waals surface area (Å²) >= 11 is 0. The molecule has 8 nitrogen and oxygen atoms in total. The van der Waals surface area contributed by atoms with Crippen molar-refractivity contribution in [1.82, 2.24) is 10.2 Å². The van der Waals surface area contributed by atoms with Crippen LogP contribution in [0.3, 0.4) is 0 Å². The molecule has 186 valence electrons. The van der Waals surface area contributed by atoms with Gasteiger partial charge < -0.3 is 19.1 Å². The molecule has 1 unspecified atom stereocenters. The molecule has 3 aromatic rings. The van der Waals surface area contributed by atoms with Crippen LogP contribution in [-0.4, -0.2) is 50.6 Å². The van der Waals surface area contributed by atoms with Gasteiger partial charge in [-0.25, -0.2) is 0 Å². The highest BCUT2D eigenvalue weighted by molar-refractivity contribution is 5.93. The first-order valence-corrected chi connectivity index (χ1v) is 11.5. The summed E-state index contributed by atoms with van der Waals surface area (Å²) in [7, 11) is 4.75. The minimum absolute atomic E-state index is 0.138. The Morgan fingerprint density at radius 3 is 2.19 bits per heavy atom. The summed E-state index contributed by atoms with van der Waals surface area (Å²) in [5.74, 6) is 1.12. The number of fused-ring (bicyclic) bond motifs is 1. The average molecular weight is 488 g/mol. The molecule has 1 fully saturated rings. The normalized spacial score (nSPS) is 16.0. The van der Waals surface area contributed by atoms with Crippen molar-refractivity contribution in [3.63, 3.8) is 0 Å². The van der Waals surface area contributed by atoms with Crippen LogP contribution in [0.1, 0.15) is 19.4 Å². The fraction of sp³-hybridized carbons (Fsp3) is 0.321. The number of benzene rings is 3. The minimum atomic E-state index is -0.647. The molecule has 3 aromatic carbocycles. The van der Waals surface area contributed by atoms with Gasteiger partial charge in [0.2, 0.25) is 11.7 Å². The van der Waals surface area contributed by atoms with Crippen molar-refractivity contribution in [1.29, 1.82) is 5.26 Å². The van der Waals surface area contributed by atoms with Crippen molar-refractivity contribution in [2.24, 2.45) is 5.41 Å². The third-order valence-electron chi connectivity index (χ3n) is 6.64. The lowest BCUT2D eigenvalue weighted by molar-refractivity contribution is -0.160. The molecular formula is C28H29N3O5. The first-order valence-electron chi connectivity index (χ1n) is 11.5. The predicted octanol–water partition coefficient (Wildman–Crippen LogP) is 3.91. The number of carbonyl (C=O) groups excluding carboxylic acids is 2. The van der Waals surface area contributed by atoms with Crippen LogP contribution in [0.4, 0.5) is 0 Å². The fourth-order valence-electron chi connectivity index (χ4n) is 4.89. The molecule has 1 atom stereocenters. The summed E-state index contributed by atoms with van der Waals surface area (Å²) in [6, 6.07) is 15.2. The molecule has 2 amide bonds. The largest absolute Gasteiger partial charge is 0.493 e. The lowest BCUT2D eigenvalue weighted by atomic mass is 9.74. The van der Waals surface area contributed by atoms with E-state index in [9.17, 15) is 9.59 Å². The first-order chi connectivity index (χ1) is 17.2. The maximum atomic E-state index is 13.0. The van der Waals surface area contributed by atoms with Crippen molar-refractivity contribution in [3.05, 3.63) is 54.1 Å². The summed E-state index contributed by atoms with van der Waals surface area (Å²) in [5.41, 5.74) is 2.40. The molecule has 8 heteroatoms. The third kappa shape index (κ3) is 4.52. The highest BCUT2D eigenvalue weighted by atomic mass is 16.5. The number of nitrogens with one attached hydrogen (secondary N) is 1. The Balaban J connectivity index is 1.57. The predicted molar refractivity (Wildman–Crippen MR) is 136 cm³/mol. The van der Waals surface area contributed by atoms with Gasteiger partial charge in [-0.1, -0.05) is 44.2 Å². The Morgan fingerprint density at radius 2 is 1.61 bits per heavy atom. The van der Waals surface area contributed by atoms with Crippen LogP contribution in [0, 0.1) is 16.9 Å². The molecule has 4 rings (SSSR count). The van der Waals surface area contributed by atoms with Crippen LogP contribution >= 0.6 is 0 Å². The van der Waals surface area contributed by atoms with Gasteiger partial charge in [-0.05, 0) is 45.7 Å². The second-order valence-corrected chi connectivity index (χ2v) is 9.50. The van der Waals surface area contributed by atoms with Gasteiger partial charge >= 0.3 is 0 Å². The van der Waals surface area contributed by atoms with Gasteiger partial charge in [0.15, 0.2) is 17.7 Å². The smallest absolute Gasteiger partial charge is 0.256 e. The van der Waals surface area contributed by atoms with Crippen LogP contribution < -0.4 is 19.5 Å². The Bertz CT molecular complexity index is 1350. The molecule has 0 aliphatic carbocycles. The number of nitriles is 1.